The Morgan fingerprint density at radius 3 is 2.59 bits per heavy atom. The molecule has 1 aliphatic heterocycles. The van der Waals surface area contributed by atoms with Gasteiger partial charge in [0.15, 0.2) is 5.78 Å². The number of carbonyl (C=O) groups is 1. The van der Waals surface area contributed by atoms with Gasteiger partial charge >= 0.3 is 0 Å². The highest BCUT2D eigenvalue weighted by Crippen LogP contribution is 2.11. The zero-order valence-electron chi connectivity index (χ0n) is 9.54. The second kappa shape index (κ2) is 4.89. The van der Waals surface area contributed by atoms with Gasteiger partial charge in [-0.3, -0.25) is 4.79 Å². The molecule has 1 fully saturated rings. The molecule has 1 aromatic carbocycles. The lowest BCUT2D eigenvalue weighted by Crippen LogP contribution is -2.52. The zero-order chi connectivity index (χ0) is 12.4. The lowest BCUT2D eigenvalue weighted by molar-refractivity contribution is 0.0893. The third-order valence-corrected chi connectivity index (χ3v) is 2.84. The van der Waals surface area contributed by atoms with Crippen LogP contribution in [0, 0.1) is 11.6 Å². The largest absolute Gasteiger partial charge is 0.305 e. The van der Waals surface area contributed by atoms with Crippen molar-refractivity contribution in [2.24, 2.45) is 0 Å². The lowest BCUT2D eigenvalue weighted by atomic mass is 10.0. The maximum Gasteiger partial charge on any atom is 0.181 e. The van der Waals surface area contributed by atoms with Crippen molar-refractivity contribution in [3.05, 3.63) is 35.4 Å². The van der Waals surface area contributed by atoms with Gasteiger partial charge in [-0.05, 0) is 19.2 Å². The van der Waals surface area contributed by atoms with Gasteiger partial charge in [0.25, 0.3) is 0 Å². The van der Waals surface area contributed by atoms with E-state index in [4.69, 9.17) is 0 Å². The van der Waals surface area contributed by atoms with Crippen LogP contribution in [0.25, 0.3) is 0 Å². The number of likely N-dealkylation sites (N-methyl/N-ethyl adjacent to an activating group) is 1. The van der Waals surface area contributed by atoms with E-state index in [0.29, 0.717) is 13.1 Å². The van der Waals surface area contributed by atoms with Crippen molar-refractivity contribution in [1.82, 2.24) is 10.2 Å². The van der Waals surface area contributed by atoms with Crippen LogP contribution in [0.2, 0.25) is 0 Å². The van der Waals surface area contributed by atoms with Crippen LogP contribution in [-0.2, 0) is 0 Å². The number of Topliss-reactive ketones (excluding diaryl/α,β-unsaturated/α-hetero) is 1. The van der Waals surface area contributed by atoms with E-state index in [1.807, 2.05) is 11.9 Å². The Kier molecular flexibility index (Phi) is 3.49. The van der Waals surface area contributed by atoms with Crippen molar-refractivity contribution in [3.8, 4) is 0 Å². The molecule has 0 spiro atoms. The van der Waals surface area contributed by atoms with Crippen molar-refractivity contribution in [2.75, 3.05) is 26.7 Å². The van der Waals surface area contributed by atoms with Gasteiger partial charge in [-0.1, -0.05) is 0 Å². The number of nitrogens with one attached hydrogen (secondary N) is 1. The average Bonchev–Trinajstić information content (AvgIpc) is 2.26. The van der Waals surface area contributed by atoms with E-state index in [2.05, 4.69) is 5.32 Å². The average molecular weight is 240 g/mol. The molecule has 3 nitrogen and oxygen atoms in total. The van der Waals surface area contributed by atoms with Crippen LogP contribution >= 0.6 is 0 Å². The van der Waals surface area contributed by atoms with Gasteiger partial charge in [-0.15, -0.1) is 0 Å². The molecule has 0 aromatic heterocycles. The fraction of sp³-hybridized carbons (Fsp3) is 0.417. The highest BCUT2D eigenvalue weighted by atomic mass is 19.1. The van der Waals surface area contributed by atoms with Crippen LogP contribution in [-0.4, -0.2) is 43.4 Å². The summed E-state index contributed by atoms with van der Waals surface area (Å²) in [6.45, 7) is 2.11. The number of nitrogens with zero attached hydrogens (tertiary/aromatic N) is 1. The molecule has 1 unspecified atom stereocenters. The van der Waals surface area contributed by atoms with Crippen molar-refractivity contribution in [3.63, 3.8) is 0 Å². The quantitative estimate of drug-likeness (QED) is 0.784. The molecule has 17 heavy (non-hydrogen) atoms. The van der Waals surface area contributed by atoms with E-state index in [1.54, 1.807) is 0 Å². The number of hydrogen-bond acceptors (Lipinski definition) is 3. The number of piperazine rings is 1. The number of hydrogen-bond donors (Lipinski definition) is 1. The first-order chi connectivity index (χ1) is 8.06. The van der Waals surface area contributed by atoms with Crippen molar-refractivity contribution in [1.29, 1.82) is 0 Å². The highest BCUT2D eigenvalue weighted by molar-refractivity contribution is 6.00. The first kappa shape index (κ1) is 12.1. The van der Waals surface area contributed by atoms with Crippen molar-refractivity contribution < 1.29 is 13.6 Å². The number of halogens is 2. The number of carbonyl (C=O) groups excluding carboxylic acids is 1. The van der Waals surface area contributed by atoms with Gasteiger partial charge < -0.3 is 10.2 Å². The van der Waals surface area contributed by atoms with E-state index in [0.717, 1.165) is 24.7 Å². The fourth-order valence-electron chi connectivity index (χ4n) is 1.97. The van der Waals surface area contributed by atoms with Gasteiger partial charge in [0.1, 0.15) is 11.6 Å². The van der Waals surface area contributed by atoms with Crippen LogP contribution in [0.3, 0.4) is 0 Å². The number of benzene rings is 1. The zero-order valence-corrected chi connectivity index (χ0v) is 9.54. The van der Waals surface area contributed by atoms with Gasteiger partial charge in [-0.25, -0.2) is 8.78 Å². The van der Waals surface area contributed by atoms with E-state index in [9.17, 15) is 13.6 Å². The Hall–Kier alpha value is -1.33. The minimum Gasteiger partial charge on any atom is -0.305 e. The Morgan fingerprint density at radius 1 is 1.35 bits per heavy atom. The molecule has 0 aliphatic carbocycles. The first-order valence-electron chi connectivity index (χ1n) is 5.48. The third-order valence-electron chi connectivity index (χ3n) is 2.84. The molecule has 2 rings (SSSR count). The van der Waals surface area contributed by atoms with E-state index < -0.39 is 17.7 Å². The summed E-state index contributed by atoms with van der Waals surface area (Å²) in [6.07, 6.45) is 0. The topological polar surface area (TPSA) is 32.3 Å². The highest BCUT2D eigenvalue weighted by Gasteiger charge is 2.24. The predicted octanol–water partition coefficient (Wildman–Crippen LogP) is 1.05. The Balaban J connectivity index is 2.18. The smallest absolute Gasteiger partial charge is 0.181 e. The first-order valence-corrected chi connectivity index (χ1v) is 5.48. The second-order valence-electron chi connectivity index (χ2n) is 4.29. The molecular weight excluding hydrogens is 226 g/mol. The molecular formula is C12H14F2N2O. The Bertz CT molecular complexity index is 416. The summed E-state index contributed by atoms with van der Waals surface area (Å²) in [4.78, 5) is 14.0. The van der Waals surface area contributed by atoms with E-state index in [1.165, 1.54) is 0 Å². The molecule has 1 saturated heterocycles. The van der Waals surface area contributed by atoms with E-state index in [-0.39, 0.29) is 11.3 Å². The molecule has 1 heterocycles. The fourth-order valence-corrected chi connectivity index (χ4v) is 1.97. The molecule has 1 N–H and O–H groups in total. The van der Waals surface area contributed by atoms with Gasteiger partial charge in [0, 0.05) is 31.3 Å². The molecule has 92 valence electrons. The molecule has 0 bridgehead atoms. The summed E-state index contributed by atoms with van der Waals surface area (Å²) in [6, 6.07) is 2.51. The third kappa shape index (κ3) is 2.87. The van der Waals surface area contributed by atoms with Crippen LogP contribution in [0.5, 0.6) is 0 Å². The summed E-state index contributed by atoms with van der Waals surface area (Å²) in [7, 11) is 1.91. The van der Waals surface area contributed by atoms with E-state index >= 15 is 0 Å². The summed E-state index contributed by atoms with van der Waals surface area (Å²) in [5, 5.41) is 3.05. The summed E-state index contributed by atoms with van der Waals surface area (Å²) in [5.41, 5.74) is 0.0790. The predicted molar refractivity (Wildman–Crippen MR) is 60.0 cm³/mol. The summed E-state index contributed by atoms with van der Waals surface area (Å²) in [5.74, 6) is -1.72. The molecule has 1 atom stereocenters. The van der Waals surface area contributed by atoms with Gasteiger partial charge in [0.2, 0.25) is 0 Å². The monoisotopic (exact) mass is 240 g/mol. The second-order valence-corrected chi connectivity index (χ2v) is 4.29. The normalized spacial score (nSPS) is 21.5. The maximum absolute atomic E-state index is 13.0. The lowest BCUT2D eigenvalue weighted by Gasteiger charge is -2.29. The van der Waals surface area contributed by atoms with Crippen molar-refractivity contribution in [2.45, 2.75) is 6.04 Å². The molecule has 1 aliphatic rings. The van der Waals surface area contributed by atoms with Gasteiger partial charge in [-0.2, -0.15) is 0 Å². The number of rotatable bonds is 2. The van der Waals surface area contributed by atoms with Crippen LogP contribution in [0.1, 0.15) is 10.4 Å². The minimum atomic E-state index is -0.725. The minimum absolute atomic E-state index is 0.0790. The Morgan fingerprint density at radius 2 is 2.00 bits per heavy atom. The van der Waals surface area contributed by atoms with Crippen LogP contribution in [0.4, 0.5) is 8.78 Å². The summed E-state index contributed by atoms with van der Waals surface area (Å²) < 4.78 is 26.0. The molecule has 0 saturated carbocycles. The van der Waals surface area contributed by atoms with Crippen molar-refractivity contribution >= 4 is 5.78 Å². The summed E-state index contributed by atoms with van der Waals surface area (Å²) >= 11 is 0. The van der Waals surface area contributed by atoms with Crippen LogP contribution in [0.15, 0.2) is 18.2 Å². The maximum atomic E-state index is 13.0. The SMILES string of the molecule is CN1CCNC(C(=O)c2cc(F)cc(F)c2)C1. The Labute approximate surface area is 98.4 Å². The molecule has 0 amide bonds. The molecule has 0 radical (unpaired) electrons. The van der Waals surface area contributed by atoms with Gasteiger partial charge in [0.05, 0.1) is 6.04 Å². The standard InChI is InChI=1S/C12H14F2N2O/c1-16-3-2-15-11(7-16)12(17)8-4-9(13)6-10(14)5-8/h4-6,11,15H,2-3,7H2,1H3. The molecule has 5 heteroatoms. The van der Waals surface area contributed by atoms with Crippen LogP contribution < -0.4 is 5.32 Å². The number of ketones is 1. The molecule has 1 aromatic rings.